The summed E-state index contributed by atoms with van der Waals surface area (Å²) in [5, 5.41) is -0.517. The molecule has 5 heteroatoms. The van der Waals surface area contributed by atoms with Crippen LogP contribution >= 0.6 is 11.6 Å². The molecule has 1 unspecified atom stereocenters. The molecule has 0 N–H and O–H groups in total. The van der Waals surface area contributed by atoms with E-state index in [0.29, 0.717) is 6.54 Å². The summed E-state index contributed by atoms with van der Waals surface area (Å²) in [6, 6.07) is 0. The fraction of sp³-hybridized carbons (Fsp3) is 1.00. The predicted molar refractivity (Wildman–Crippen MR) is 61.2 cm³/mol. The number of alkyl halides is 1. The van der Waals surface area contributed by atoms with Gasteiger partial charge in [0.05, 0.1) is 5.25 Å². The average molecular weight is 242 g/mol. The molecule has 0 aliphatic heterocycles. The van der Waals surface area contributed by atoms with Gasteiger partial charge in [-0.25, -0.2) is 12.7 Å². The van der Waals surface area contributed by atoms with Gasteiger partial charge >= 0.3 is 0 Å². The third kappa shape index (κ3) is 4.15. The molecule has 0 saturated heterocycles. The van der Waals surface area contributed by atoms with Crippen molar-refractivity contribution < 1.29 is 8.42 Å². The summed E-state index contributed by atoms with van der Waals surface area (Å²) in [4.78, 5) is 0. The fourth-order valence-electron chi connectivity index (χ4n) is 1.14. The highest BCUT2D eigenvalue weighted by molar-refractivity contribution is 7.89. The van der Waals surface area contributed by atoms with Crippen molar-refractivity contribution in [2.75, 3.05) is 19.5 Å². The monoisotopic (exact) mass is 241 g/mol. The molecule has 0 saturated carbocycles. The number of rotatable bonds is 4. The van der Waals surface area contributed by atoms with Crippen molar-refractivity contribution in [3.63, 3.8) is 0 Å². The molecule has 1 atom stereocenters. The van der Waals surface area contributed by atoms with Crippen molar-refractivity contribution in [1.82, 2.24) is 4.31 Å². The zero-order valence-corrected chi connectivity index (χ0v) is 11.1. The van der Waals surface area contributed by atoms with Gasteiger partial charge in [0.15, 0.2) is 0 Å². The Morgan fingerprint density at radius 1 is 1.36 bits per heavy atom. The lowest BCUT2D eigenvalue weighted by Crippen LogP contribution is -2.40. The first-order valence-electron chi connectivity index (χ1n) is 4.62. The second-order valence-corrected chi connectivity index (χ2v) is 7.59. The third-order valence-electron chi connectivity index (χ3n) is 1.86. The Morgan fingerprint density at radius 3 is 2.07 bits per heavy atom. The molecule has 0 amide bonds. The molecule has 86 valence electrons. The van der Waals surface area contributed by atoms with Gasteiger partial charge in [-0.15, -0.1) is 11.6 Å². The maximum atomic E-state index is 11.8. The topological polar surface area (TPSA) is 37.4 Å². The fourth-order valence-corrected chi connectivity index (χ4v) is 2.96. The van der Waals surface area contributed by atoms with Crippen LogP contribution in [-0.2, 0) is 10.0 Å². The molecular formula is C9H20ClNO2S. The molecule has 14 heavy (non-hydrogen) atoms. The zero-order valence-electron chi connectivity index (χ0n) is 9.54. The molecule has 0 heterocycles. The van der Waals surface area contributed by atoms with Crippen molar-refractivity contribution in [3.05, 3.63) is 0 Å². The van der Waals surface area contributed by atoms with Gasteiger partial charge in [0.1, 0.15) is 0 Å². The summed E-state index contributed by atoms with van der Waals surface area (Å²) in [7, 11) is -1.62. The van der Waals surface area contributed by atoms with Crippen LogP contribution in [0.2, 0.25) is 0 Å². The smallest absolute Gasteiger partial charge is 0.212 e. The van der Waals surface area contributed by atoms with E-state index in [2.05, 4.69) is 0 Å². The van der Waals surface area contributed by atoms with E-state index in [4.69, 9.17) is 11.6 Å². The lowest BCUT2D eigenvalue weighted by atomic mass is 9.97. The highest BCUT2D eigenvalue weighted by Crippen LogP contribution is 2.18. The molecular weight excluding hydrogens is 222 g/mol. The predicted octanol–water partition coefficient (Wildman–Crippen LogP) is 1.92. The zero-order chi connectivity index (χ0) is 11.6. The maximum absolute atomic E-state index is 11.8. The van der Waals surface area contributed by atoms with E-state index >= 15 is 0 Å². The van der Waals surface area contributed by atoms with Gasteiger partial charge in [-0.2, -0.15) is 0 Å². The van der Waals surface area contributed by atoms with Crippen molar-refractivity contribution >= 4 is 21.6 Å². The van der Waals surface area contributed by atoms with Crippen molar-refractivity contribution in [3.8, 4) is 0 Å². The van der Waals surface area contributed by atoms with E-state index in [9.17, 15) is 8.42 Å². The first kappa shape index (κ1) is 14.2. The van der Waals surface area contributed by atoms with E-state index in [-0.39, 0.29) is 11.3 Å². The Balaban J connectivity index is 4.61. The number of hydrogen-bond donors (Lipinski definition) is 0. The minimum atomic E-state index is -3.22. The van der Waals surface area contributed by atoms with Crippen molar-refractivity contribution in [1.29, 1.82) is 0 Å². The first-order chi connectivity index (χ1) is 6.11. The van der Waals surface area contributed by atoms with Crippen LogP contribution in [0.1, 0.15) is 27.7 Å². The van der Waals surface area contributed by atoms with E-state index < -0.39 is 15.3 Å². The summed E-state index contributed by atoms with van der Waals surface area (Å²) >= 11 is 5.55. The largest absolute Gasteiger partial charge is 0.217 e. The summed E-state index contributed by atoms with van der Waals surface area (Å²) < 4.78 is 25.0. The molecule has 0 spiro atoms. The molecule has 0 radical (unpaired) electrons. The Morgan fingerprint density at radius 2 is 1.79 bits per heavy atom. The van der Waals surface area contributed by atoms with E-state index in [1.807, 2.05) is 20.8 Å². The Kier molecular flexibility index (Phi) is 4.88. The van der Waals surface area contributed by atoms with E-state index in [0.717, 1.165) is 0 Å². The van der Waals surface area contributed by atoms with Crippen LogP contribution in [0.3, 0.4) is 0 Å². The molecule has 0 fully saturated rings. The summed E-state index contributed by atoms with van der Waals surface area (Å²) in [5.41, 5.74) is -0.0339. The van der Waals surface area contributed by atoms with Crippen LogP contribution < -0.4 is 0 Å². The Labute approximate surface area is 92.5 Å². The van der Waals surface area contributed by atoms with Gasteiger partial charge in [0.25, 0.3) is 0 Å². The molecule has 0 bridgehead atoms. The van der Waals surface area contributed by atoms with Crippen LogP contribution in [0.4, 0.5) is 0 Å². The van der Waals surface area contributed by atoms with Crippen molar-refractivity contribution in [2.45, 2.75) is 32.9 Å². The maximum Gasteiger partial charge on any atom is 0.217 e. The van der Waals surface area contributed by atoms with Crippen LogP contribution in [0.25, 0.3) is 0 Å². The number of hydrogen-bond acceptors (Lipinski definition) is 2. The highest BCUT2D eigenvalue weighted by Gasteiger charge is 2.28. The molecule has 0 rings (SSSR count). The van der Waals surface area contributed by atoms with Gasteiger partial charge in [-0.3, -0.25) is 0 Å². The summed E-state index contributed by atoms with van der Waals surface area (Å²) in [5.74, 6) is 0.136. The third-order valence-corrected chi connectivity index (χ3v) is 4.68. The van der Waals surface area contributed by atoms with Gasteiger partial charge < -0.3 is 0 Å². The second kappa shape index (κ2) is 4.81. The van der Waals surface area contributed by atoms with Gasteiger partial charge in [0.2, 0.25) is 10.0 Å². The Bertz CT molecular complexity index is 269. The van der Waals surface area contributed by atoms with Crippen LogP contribution in [0.5, 0.6) is 0 Å². The number of nitrogens with zero attached hydrogens (tertiary/aromatic N) is 1. The minimum absolute atomic E-state index is 0.0339. The standard InChI is InChI=1S/C9H20ClNO2S/c1-8(6-10)14(12,13)11(5)7-9(2,3)4/h8H,6-7H2,1-5H3. The average Bonchev–Trinajstić information content (AvgIpc) is 1.99. The van der Waals surface area contributed by atoms with Gasteiger partial charge in [-0.05, 0) is 12.3 Å². The first-order valence-corrected chi connectivity index (χ1v) is 6.66. The SMILES string of the molecule is CC(CCl)S(=O)(=O)N(C)CC(C)(C)C. The normalized spacial score (nSPS) is 15.9. The summed E-state index contributed by atoms with van der Waals surface area (Å²) in [6.45, 7) is 8.15. The molecule has 0 aliphatic carbocycles. The number of halogens is 1. The quantitative estimate of drug-likeness (QED) is 0.706. The summed E-state index contributed by atoms with van der Waals surface area (Å²) in [6.07, 6.45) is 0. The molecule has 0 aromatic carbocycles. The van der Waals surface area contributed by atoms with Crippen molar-refractivity contribution in [2.24, 2.45) is 5.41 Å². The van der Waals surface area contributed by atoms with E-state index in [1.54, 1.807) is 14.0 Å². The molecule has 0 aromatic heterocycles. The highest BCUT2D eigenvalue weighted by atomic mass is 35.5. The Hall–Kier alpha value is 0.200. The van der Waals surface area contributed by atoms with Crippen LogP contribution in [-0.4, -0.2) is 37.4 Å². The van der Waals surface area contributed by atoms with Gasteiger partial charge in [0, 0.05) is 19.5 Å². The molecule has 0 aliphatic rings. The molecule has 0 aromatic rings. The molecule has 3 nitrogen and oxygen atoms in total. The van der Waals surface area contributed by atoms with E-state index in [1.165, 1.54) is 4.31 Å². The van der Waals surface area contributed by atoms with Gasteiger partial charge in [-0.1, -0.05) is 20.8 Å². The minimum Gasteiger partial charge on any atom is -0.212 e. The van der Waals surface area contributed by atoms with Crippen LogP contribution in [0, 0.1) is 5.41 Å². The lowest BCUT2D eigenvalue weighted by Gasteiger charge is -2.27. The van der Waals surface area contributed by atoms with Crippen LogP contribution in [0.15, 0.2) is 0 Å². The number of sulfonamides is 1. The second-order valence-electron chi connectivity index (χ2n) is 4.83. The lowest BCUT2D eigenvalue weighted by molar-refractivity contribution is 0.309.